The van der Waals surface area contributed by atoms with Gasteiger partial charge in [0.1, 0.15) is 23.2 Å². The molecule has 0 bridgehead atoms. The number of nitrogens with one attached hydrogen (secondary N) is 2. The molecule has 1 aliphatic heterocycles. The van der Waals surface area contributed by atoms with Gasteiger partial charge in [-0.15, -0.1) is 0 Å². The van der Waals surface area contributed by atoms with E-state index in [2.05, 4.69) is 30.6 Å². The second-order valence-electron chi connectivity index (χ2n) is 9.13. The first-order chi connectivity index (χ1) is 18.1. The Morgan fingerprint density at radius 2 is 1.66 bits per heavy atom. The SMILES string of the molecule is CCC(C)/C=C/C=C/C=C/C(=O)NC1=CC(O)(/C=C/C=C/C=C/C(=O)NC2=C(O)CCC2=O)C2O[C@@H]2C1=O. The zero-order valence-electron chi connectivity index (χ0n) is 21.3. The van der Waals surface area contributed by atoms with Crippen LogP contribution in [0.2, 0.25) is 0 Å². The van der Waals surface area contributed by atoms with Crippen LogP contribution >= 0.6 is 0 Å². The van der Waals surface area contributed by atoms with Gasteiger partial charge >= 0.3 is 0 Å². The molecule has 4 N–H and O–H groups in total. The molecule has 3 rings (SSSR count). The van der Waals surface area contributed by atoms with Crippen LogP contribution in [-0.2, 0) is 23.9 Å². The zero-order valence-corrected chi connectivity index (χ0v) is 21.3. The van der Waals surface area contributed by atoms with E-state index in [1.54, 1.807) is 24.3 Å². The van der Waals surface area contributed by atoms with E-state index < -0.39 is 35.4 Å². The highest BCUT2D eigenvalue weighted by Crippen LogP contribution is 2.40. The fourth-order valence-electron chi connectivity index (χ4n) is 3.71. The molecule has 0 aromatic carbocycles. The monoisotopic (exact) mass is 520 g/mol. The van der Waals surface area contributed by atoms with Crippen molar-refractivity contribution in [2.75, 3.05) is 0 Å². The molecule has 38 heavy (non-hydrogen) atoms. The van der Waals surface area contributed by atoms with Gasteiger partial charge in [0.05, 0.1) is 5.70 Å². The molecule has 200 valence electrons. The average Bonchev–Trinajstić information content (AvgIpc) is 3.65. The summed E-state index contributed by atoms with van der Waals surface area (Å²) < 4.78 is 5.33. The number of hydrogen-bond acceptors (Lipinski definition) is 7. The first-order valence-electron chi connectivity index (χ1n) is 12.4. The zero-order chi connectivity index (χ0) is 27.7. The molecule has 1 heterocycles. The fourth-order valence-corrected chi connectivity index (χ4v) is 3.71. The summed E-state index contributed by atoms with van der Waals surface area (Å²) in [5.41, 5.74) is -1.73. The third kappa shape index (κ3) is 7.71. The van der Waals surface area contributed by atoms with Crippen molar-refractivity contribution in [3.8, 4) is 0 Å². The van der Waals surface area contributed by atoms with E-state index in [4.69, 9.17) is 4.74 Å². The lowest BCUT2D eigenvalue weighted by atomic mass is 9.88. The van der Waals surface area contributed by atoms with Crippen LogP contribution in [0.25, 0.3) is 0 Å². The minimum Gasteiger partial charge on any atom is -0.510 e. The molecule has 0 radical (unpaired) electrons. The van der Waals surface area contributed by atoms with Gasteiger partial charge in [-0.05, 0) is 18.1 Å². The van der Waals surface area contributed by atoms with Crippen LogP contribution in [0.3, 0.4) is 0 Å². The summed E-state index contributed by atoms with van der Waals surface area (Å²) in [6.45, 7) is 4.21. The molecule has 0 spiro atoms. The number of allylic oxidation sites excluding steroid dienone is 11. The van der Waals surface area contributed by atoms with Gasteiger partial charge in [0.25, 0.3) is 0 Å². The predicted octanol–water partition coefficient (Wildman–Crippen LogP) is 2.70. The summed E-state index contributed by atoms with van der Waals surface area (Å²) in [4.78, 5) is 48.2. The number of carbonyl (C=O) groups excluding carboxylic acids is 4. The second-order valence-corrected chi connectivity index (χ2v) is 9.13. The van der Waals surface area contributed by atoms with E-state index in [1.165, 1.54) is 42.5 Å². The molecule has 9 nitrogen and oxygen atoms in total. The summed E-state index contributed by atoms with van der Waals surface area (Å²) >= 11 is 0. The minimum absolute atomic E-state index is 0.0502. The largest absolute Gasteiger partial charge is 0.510 e. The molecular formula is C29H32N2O7. The number of rotatable bonds is 11. The third-order valence-corrected chi connectivity index (χ3v) is 6.12. The Labute approximate surface area is 221 Å². The molecule has 0 aromatic heterocycles. The first kappa shape index (κ1) is 28.5. The van der Waals surface area contributed by atoms with Crippen molar-refractivity contribution in [2.45, 2.75) is 50.9 Å². The lowest BCUT2D eigenvalue weighted by molar-refractivity contribution is -0.121. The van der Waals surface area contributed by atoms with Crippen molar-refractivity contribution in [1.29, 1.82) is 0 Å². The molecule has 9 heteroatoms. The predicted molar refractivity (Wildman–Crippen MR) is 141 cm³/mol. The number of amides is 2. The highest BCUT2D eigenvalue weighted by atomic mass is 16.6. The standard InChI is InChI=1S/C29H32N2O7/c1-3-19(2)12-8-4-5-9-13-23(34)30-20-18-29(37,28-27(38-28)26(20)36)17-11-7-6-10-14-24(35)31-25-21(32)15-16-22(25)33/h4-14,17-19,27-28,32,37H,3,15-16H2,1-2H3,(H,30,34)(H,31,35)/b5-4+,7-6+,12-8+,13-9+,14-10+,17-11+/t19?,27-,28?,29?/m1/s1. The van der Waals surface area contributed by atoms with Gasteiger partial charge in [0.2, 0.25) is 17.6 Å². The number of ether oxygens (including phenoxy) is 1. The number of hydrogen-bond donors (Lipinski definition) is 4. The van der Waals surface area contributed by atoms with Crippen molar-refractivity contribution in [3.63, 3.8) is 0 Å². The Bertz CT molecular complexity index is 1220. The number of Topliss-reactive ketones (excluding diaryl/α,β-unsaturated/α-hetero) is 2. The number of aliphatic hydroxyl groups is 2. The van der Waals surface area contributed by atoms with Gasteiger partial charge in [-0.25, -0.2) is 0 Å². The Kier molecular flexibility index (Phi) is 9.70. The van der Waals surface area contributed by atoms with E-state index in [1.807, 2.05) is 6.08 Å². The summed E-state index contributed by atoms with van der Waals surface area (Å²) in [7, 11) is 0. The lowest BCUT2D eigenvalue weighted by Gasteiger charge is -2.23. The maximum Gasteiger partial charge on any atom is 0.248 e. The minimum atomic E-state index is -1.61. The van der Waals surface area contributed by atoms with Crippen LogP contribution in [0.5, 0.6) is 0 Å². The molecule has 0 aromatic rings. The lowest BCUT2D eigenvalue weighted by Crippen LogP contribution is -2.42. The number of epoxide rings is 1. The van der Waals surface area contributed by atoms with Gasteiger partial charge in [0.15, 0.2) is 11.9 Å². The number of fused-ring (bicyclic) bond motifs is 1. The molecule has 4 atom stereocenters. The summed E-state index contributed by atoms with van der Waals surface area (Å²) in [6, 6.07) is 0. The molecular weight excluding hydrogens is 488 g/mol. The van der Waals surface area contributed by atoms with E-state index in [9.17, 15) is 29.4 Å². The molecule has 1 saturated heterocycles. The highest BCUT2D eigenvalue weighted by molar-refractivity contribution is 6.06. The van der Waals surface area contributed by atoms with E-state index in [-0.39, 0.29) is 35.8 Å². The molecule has 3 unspecified atom stereocenters. The molecule has 2 aliphatic carbocycles. The van der Waals surface area contributed by atoms with Crippen molar-refractivity contribution < 1.29 is 34.1 Å². The smallest absolute Gasteiger partial charge is 0.248 e. The number of aliphatic hydroxyl groups excluding tert-OH is 1. The van der Waals surface area contributed by atoms with Crippen LogP contribution in [0, 0.1) is 5.92 Å². The summed E-state index contributed by atoms with van der Waals surface area (Å²) in [6.07, 6.45) is 20.0. The van der Waals surface area contributed by atoms with E-state index >= 15 is 0 Å². The van der Waals surface area contributed by atoms with Crippen LogP contribution in [0.15, 0.2) is 96.1 Å². The van der Waals surface area contributed by atoms with Crippen LogP contribution in [-0.4, -0.2) is 51.4 Å². The van der Waals surface area contributed by atoms with Crippen LogP contribution in [0.4, 0.5) is 0 Å². The van der Waals surface area contributed by atoms with Gasteiger partial charge in [-0.1, -0.05) is 75.0 Å². The van der Waals surface area contributed by atoms with Crippen molar-refractivity contribution >= 4 is 23.4 Å². The van der Waals surface area contributed by atoms with Crippen molar-refractivity contribution in [2.24, 2.45) is 5.92 Å². The number of carbonyl (C=O) groups is 4. The molecule has 0 saturated carbocycles. The van der Waals surface area contributed by atoms with Gasteiger partial charge < -0.3 is 25.6 Å². The quantitative estimate of drug-likeness (QED) is 0.186. The average molecular weight is 521 g/mol. The molecule has 1 fully saturated rings. The van der Waals surface area contributed by atoms with E-state index in [0.29, 0.717) is 5.92 Å². The van der Waals surface area contributed by atoms with Gasteiger partial charge in [-0.2, -0.15) is 0 Å². The van der Waals surface area contributed by atoms with Gasteiger partial charge in [-0.3, -0.25) is 19.2 Å². The molecule has 3 aliphatic rings. The summed E-state index contributed by atoms with van der Waals surface area (Å²) in [5.74, 6) is -1.46. The highest BCUT2D eigenvalue weighted by Gasteiger charge is 2.59. The Balaban J connectivity index is 1.54. The van der Waals surface area contributed by atoms with E-state index in [0.717, 1.165) is 6.42 Å². The normalized spacial score (nSPS) is 26.4. The first-order valence-corrected chi connectivity index (χ1v) is 12.4. The Hall–Kier alpha value is -4.08. The third-order valence-electron chi connectivity index (χ3n) is 6.12. The Morgan fingerprint density at radius 1 is 1.03 bits per heavy atom. The van der Waals surface area contributed by atoms with Crippen molar-refractivity contribution in [3.05, 3.63) is 96.1 Å². The summed E-state index contributed by atoms with van der Waals surface area (Å²) in [5, 5.41) is 25.4. The maximum absolute atomic E-state index is 12.4. The van der Waals surface area contributed by atoms with Crippen molar-refractivity contribution in [1.82, 2.24) is 10.6 Å². The van der Waals surface area contributed by atoms with Crippen LogP contribution < -0.4 is 10.6 Å². The van der Waals surface area contributed by atoms with Gasteiger partial charge in [0, 0.05) is 25.0 Å². The fraction of sp³-hybridized carbons (Fsp3) is 0.310. The number of ketones is 2. The van der Waals surface area contributed by atoms with Crippen LogP contribution in [0.1, 0.15) is 33.1 Å². The Morgan fingerprint density at radius 3 is 2.29 bits per heavy atom. The second kappa shape index (κ2) is 12.9. The topological polar surface area (TPSA) is 145 Å². The maximum atomic E-state index is 12.4. The molecule has 2 amide bonds.